The maximum atomic E-state index is 10.5. The van der Waals surface area contributed by atoms with Gasteiger partial charge in [0, 0.05) is 6.42 Å². The molecule has 23 heavy (non-hydrogen) atoms. The maximum Gasteiger partial charge on any atom is 0.229 e. The van der Waals surface area contributed by atoms with Crippen molar-refractivity contribution < 1.29 is 40.3 Å². The number of benzene rings is 1. The second-order valence-corrected chi connectivity index (χ2v) is 5.35. The van der Waals surface area contributed by atoms with E-state index in [1.807, 2.05) is 0 Å². The largest absolute Gasteiger partial charge is 0.600 e. The highest BCUT2D eigenvalue weighted by molar-refractivity contribution is 5.27. The summed E-state index contributed by atoms with van der Waals surface area (Å²) in [7, 11) is 0. The molecule has 0 bridgehead atoms. The summed E-state index contributed by atoms with van der Waals surface area (Å²) >= 11 is 0. The van der Waals surface area contributed by atoms with Gasteiger partial charge in [-0.05, 0) is 17.7 Å². The van der Waals surface area contributed by atoms with Gasteiger partial charge in [0.15, 0.2) is 0 Å². The fraction of sp³-hybridized carbons (Fsp3) is 0.571. The number of aliphatic hydroxyl groups excluding tert-OH is 4. The number of nitrogens with one attached hydrogen (secondary N) is 1. The summed E-state index contributed by atoms with van der Waals surface area (Å²) in [6, 6.07) is 6.53. The normalized spacial score (nSPS) is 32.5. The summed E-state index contributed by atoms with van der Waals surface area (Å²) in [5.74, 6) is 0.341. The minimum atomic E-state index is -1.50. The lowest BCUT2D eigenvalue weighted by molar-refractivity contribution is -1.05. The molecule has 6 atom stereocenters. The lowest BCUT2D eigenvalue weighted by atomic mass is 9.99. The van der Waals surface area contributed by atoms with Crippen molar-refractivity contribution in [1.29, 1.82) is 0 Å². The van der Waals surface area contributed by atoms with Gasteiger partial charge in [-0.3, -0.25) is 0 Å². The van der Waals surface area contributed by atoms with Crippen LogP contribution in [0.2, 0.25) is 0 Å². The molecule has 9 heteroatoms. The van der Waals surface area contributed by atoms with Crippen LogP contribution in [0.1, 0.15) is 5.56 Å². The topological polar surface area (TPSA) is 147 Å². The molecule has 1 aromatic carbocycles. The summed E-state index contributed by atoms with van der Waals surface area (Å²) in [6.07, 6.45) is -6.30. The molecule has 9 nitrogen and oxygen atoms in total. The molecule has 0 radical (unpaired) electrons. The van der Waals surface area contributed by atoms with E-state index in [1.54, 1.807) is 24.3 Å². The third kappa shape index (κ3) is 4.59. The molecule has 0 aromatic heterocycles. The van der Waals surface area contributed by atoms with Crippen molar-refractivity contribution in [2.24, 2.45) is 0 Å². The maximum absolute atomic E-state index is 10.5. The van der Waals surface area contributed by atoms with Gasteiger partial charge < -0.3 is 35.1 Å². The van der Waals surface area contributed by atoms with Crippen LogP contribution < -0.4 is 9.96 Å². The Kier molecular flexibility index (Phi) is 6.27. The van der Waals surface area contributed by atoms with Crippen molar-refractivity contribution in [2.75, 3.05) is 13.2 Å². The van der Waals surface area contributed by atoms with Crippen molar-refractivity contribution in [3.8, 4) is 5.75 Å². The summed E-state index contributed by atoms with van der Waals surface area (Å²) in [5.41, 5.74) is 0.813. The van der Waals surface area contributed by atoms with E-state index in [9.17, 15) is 20.5 Å². The fourth-order valence-corrected chi connectivity index (χ4v) is 2.28. The van der Waals surface area contributed by atoms with Gasteiger partial charge in [-0.2, -0.15) is 0 Å². The predicted octanol–water partition coefficient (Wildman–Crippen LogP) is -2.82. The first-order valence-electron chi connectivity index (χ1n) is 7.20. The second-order valence-electron chi connectivity index (χ2n) is 5.35. The van der Waals surface area contributed by atoms with Crippen LogP contribution in [-0.4, -0.2) is 69.5 Å². The Morgan fingerprint density at radius 1 is 1.09 bits per heavy atom. The molecule has 1 aromatic rings. The second kappa shape index (κ2) is 7.99. The Balaban J connectivity index is 1.97. The van der Waals surface area contributed by atoms with E-state index in [0.29, 0.717) is 12.2 Å². The molecule has 1 saturated heterocycles. The van der Waals surface area contributed by atoms with Crippen LogP contribution in [0.4, 0.5) is 0 Å². The molecule has 1 fully saturated rings. The van der Waals surface area contributed by atoms with E-state index in [4.69, 9.17) is 19.8 Å². The lowest BCUT2D eigenvalue weighted by Gasteiger charge is -2.39. The van der Waals surface area contributed by atoms with Gasteiger partial charge >= 0.3 is 0 Å². The van der Waals surface area contributed by atoms with Crippen LogP contribution in [0, 0.1) is 5.21 Å². The monoisotopic (exact) mass is 331 g/mol. The molecule has 6 N–H and O–H groups in total. The Morgan fingerprint density at radius 3 is 2.30 bits per heavy atom. The van der Waals surface area contributed by atoms with Crippen LogP contribution in [0.15, 0.2) is 24.3 Å². The number of hydrogen-bond acceptors (Lipinski definition) is 8. The van der Waals surface area contributed by atoms with Crippen molar-refractivity contribution in [1.82, 2.24) is 0 Å². The van der Waals surface area contributed by atoms with Crippen LogP contribution in [0.5, 0.6) is 5.75 Å². The predicted molar refractivity (Wildman–Crippen MR) is 75.5 cm³/mol. The summed E-state index contributed by atoms with van der Waals surface area (Å²) in [4.78, 5) is 0. The zero-order chi connectivity index (χ0) is 17.0. The van der Waals surface area contributed by atoms with E-state index in [2.05, 4.69) is 0 Å². The smallest absolute Gasteiger partial charge is 0.229 e. The molecule has 0 spiro atoms. The van der Waals surface area contributed by atoms with Crippen molar-refractivity contribution >= 4 is 0 Å². The quantitative estimate of drug-likeness (QED) is 0.306. The number of quaternary nitrogens is 1. The number of hydroxylamine groups is 2. The molecule has 6 unspecified atom stereocenters. The molecule has 1 aliphatic rings. The highest BCUT2D eigenvalue weighted by Gasteiger charge is 2.44. The Labute approximate surface area is 132 Å². The number of aliphatic hydroxyl groups is 4. The number of ether oxygens (including phenoxy) is 2. The fourth-order valence-electron chi connectivity index (χ4n) is 2.28. The first kappa shape index (κ1) is 18.0. The number of hydrogen-bond donors (Lipinski definition) is 6. The summed E-state index contributed by atoms with van der Waals surface area (Å²) in [6.45, 7) is -0.508. The van der Waals surface area contributed by atoms with Gasteiger partial charge in [-0.25, -0.2) is 10.4 Å². The van der Waals surface area contributed by atoms with Crippen molar-refractivity contribution in [3.63, 3.8) is 0 Å². The zero-order valence-electron chi connectivity index (χ0n) is 12.3. The van der Waals surface area contributed by atoms with E-state index in [0.717, 1.165) is 5.56 Å². The highest BCUT2D eigenvalue weighted by atomic mass is 16.8. The Morgan fingerprint density at radius 2 is 1.74 bits per heavy atom. The molecule has 130 valence electrons. The average Bonchev–Trinajstić information content (AvgIpc) is 2.54. The Bertz CT molecular complexity index is 480. The molecule has 0 aliphatic carbocycles. The molecular formula is C14H21NO8. The van der Waals surface area contributed by atoms with E-state index in [1.165, 1.54) is 0 Å². The molecule has 0 saturated carbocycles. The number of rotatable bonds is 6. The third-order valence-electron chi connectivity index (χ3n) is 3.65. The zero-order valence-corrected chi connectivity index (χ0v) is 12.3. The van der Waals surface area contributed by atoms with Crippen LogP contribution in [-0.2, 0) is 11.2 Å². The van der Waals surface area contributed by atoms with Gasteiger partial charge in [0.1, 0.15) is 36.7 Å². The van der Waals surface area contributed by atoms with Crippen LogP contribution in [0.3, 0.4) is 0 Å². The van der Waals surface area contributed by atoms with E-state index < -0.39 is 42.5 Å². The van der Waals surface area contributed by atoms with Crippen molar-refractivity contribution in [2.45, 2.75) is 37.1 Å². The van der Waals surface area contributed by atoms with Crippen LogP contribution in [0.25, 0.3) is 0 Å². The first-order valence-corrected chi connectivity index (χ1v) is 7.20. The van der Waals surface area contributed by atoms with Gasteiger partial charge in [-0.15, -0.1) is 0 Å². The molecule has 1 aliphatic heterocycles. The van der Waals surface area contributed by atoms with E-state index >= 15 is 0 Å². The molecule has 2 rings (SSSR count). The van der Waals surface area contributed by atoms with Crippen LogP contribution >= 0.6 is 0 Å². The first-order chi connectivity index (χ1) is 10.9. The minimum absolute atomic E-state index is 0.0207. The average molecular weight is 331 g/mol. The lowest BCUT2D eigenvalue weighted by Crippen LogP contribution is -3.04. The summed E-state index contributed by atoms with van der Waals surface area (Å²) in [5, 5.41) is 56.6. The highest BCUT2D eigenvalue weighted by Crippen LogP contribution is 2.24. The molecule has 1 heterocycles. The van der Waals surface area contributed by atoms with Gasteiger partial charge in [0.2, 0.25) is 6.29 Å². The van der Waals surface area contributed by atoms with Gasteiger partial charge in [-0.1, -0.05) is 12.1 Å². The van der Waals surface area contributed by atoms with E-state index in [-0.39, 0.29) is 6.54 Å². The molecular weight excluding hydrogens is 310 g/mol. The Hall–Kier alpha value is -1.30. The third-order valence-corrected chi connectivity index (χ3v) is 3.65. The SMILES string of the molecule is [O-][NH+](O)CCc1ccc(OC2OC(CO)C(O)C(O)C2O)cc1. The minimum Gasteiger partial charge on any atom is -0.600 e. The standard InChI is InChI=1S/C14H21NO8/c16-7-10-11(17)12(18)13(19)14(23-10)22-9-3-1-8(2-4-9)5-6-15(20)21/h1-4,10-20H,5-7H2. The van der Waals surface area contributed by atoms with Gasteiger partial charge in [0.25, 0.3) is 0 Å². The van der Waals surface area contributed by atoms with Crippen molar-refractivity contribution in [3.05, 3.63) is 35.0 Å². The summed E-state index contributed by atoms with van der Waals surface area (Å²) < 4.78 is 10.7. The van der Waals surface area contributed by atoms with Gasteiger partial charge in [0.05, 0.1) is 6.61 Å². The molecule has 0 amide bonds.